The third kappa shape index (κ3) is 53.4. The Kier molecular flexibility index (Phi) is 51.5. The maximum atomic E-state index is 12.9. The van der Waals surface area contributed by atoms with Gasteiger partial charge < -0.3 is 14.2 Å². The second-order valence-corrected chi connectivity index (χ2v) is 21.6. The highest BCUT2D eigenvalue weighted by atomic mass is 16.6. The Bertz CT molecular complexity index is 1010. The molecular formula is C60H116O6. The van der Waals surface area contributed by atoms with E-state index in [1.54, 1.807) is 0 Å². The molecule has 0 saturated heterocycles. The predicted octanol–water partition coefficient (Wildman–Crippen LogP) is 19.7. The largest absolute Gasteiger partial charge is 0.462 e. The molecule has 0 aliphatic rings. The number of ether oxygens (including phenoxy) is 3. The summed E-state index contributed by atoms with van der Waals surface area (Å²) in [6, 6.07) is 0. The molecule has 0 unspecified atom stereocenters. The third-order valence-corrected chi connectivity index (χ3v) is 13.7. The maximum absolute atomic E-state index is 12.9. The van der Waals surface area contributed by atoms with E-state index in [0.29, 0.717) is 19.3 Å². The SMILES string of the molecule is CCCCCCCCCCCCCCCCCCCCC(=O)OC[C@H](COC(=O)CCCCCCCCCCC(C)C)OC(=O)CCCCCCCCCCCCCCCCCCC(C)C. The van der Waals surface area contributed by atoms with E-state index in [4.69, 9.17) is 14.2 Å². The Balaban J connectivity index is 4.25. The first-order chi connectivity index (χ1) is 32.2. The lowest BCUT2D eigenvalue weighted by atomic mass is 10.0. The summed E-state index contributed by atoms with van der Waals surface area (Å²) in [4.78, 5) is 38.1. The van der Waals surface area contributed by atoms with Crippen molar-refractivity contribution in [3.8, 4) is 0 Å². The van der Waals surface area contributed by atoms with Crippen molar-refractivity contribution in [1.29, 1.82) is 0 Å². The van der Waals surface area contributed by atoms with Gasteiger partial charge in [0.1, 0.15) is 13.2 Å². The van der Waals surface area contributed by atoms with Crippen molar-refractivity contribution in [3.05, 3.63) is 0 Å². The van der Waals surface area contributed by atoms with Gasteiger partial charge in [-0.25, -0.2) is 0 Å². The van der Waals surface area contributed by atoms with Crippen molar-refractivity contribution >= 4 is 17.9 Å². The van der Waals surface area contributed by atoms with Crippen molar-refractivity contribution in [2.24, 2.45) is 11.8 Å². The van der Waals surface area contributed by atoms with Gasteiger partial charge in [-0.05, 0) is 31.1 Å². The first-order valence-electron chi connectivity index (χ1n) is 29.7. The summed E-state index contributed by atoms with van der Waals surface area (Å²) in [6.07, 6.45) is 56.8. The standard InChI is InChI=1S/C60H116O6/c1-6-7-8-9-10-11-12-13-14-15-16-20-23-26-29-35-40-45-50-58(61)64-53-57(54-65-59(62)51-46-41-36-32-31-34-39-44-49-56(4)5)66-60(63)52-47-42-37-30-27-24-21-18-17-19-22-25-28-33-38-43-48-55(2)3/h55-57H,6-54H2,1-5H3/t57-/m1/s1. The van der Waals surface area contributed by atoms with Crippen LogP contribution in [-0.4, -0.2) is 37.2 Å². The molecule has 0 heterocycles. The number of hydrogen-bond acceptors (Lipinski definition) is 6. The summed E-state index contributed by atoms with van der Waals surface area (Å²) in [5.41, 5.74) is 0. The van der Waals surface area contributed by atoms with Gasteiger partial charge >= 0.3 is 17.9 Å². The summed E-state index contributed by atoms with van der Waals surface area (Å²) in [7, 11) is 0. The van der Waals surface area contributed by atoms with Crippen LogP contribution in [0.3, 0.4) is 0 Å². The molecule has 0 bridgehead atoms. The summed E-state index contributed by atoms with van der Waals surface area (Å²) in [5, 5.41) is 0. The molecule has 0 rings (SSSR count). The molecule has 392 valence electrons. The van der Waals surface area contributed by atoms with Crippen molar-refractivity contribution in [2.45, 2.75) is 343 Å². The topological polar surface area (TPSA) is 78.9 Å². The number of carbonyl (C=O) groups is 3. The van der Waals surface area contributed by atoms with Crippen LogP contribution in [0.25, 0.3) is 0 Å². The third-order valence-electron chi connectivity index (χ3n) is 13.7. The molecule has 0 fully saturated rings. The fourth-order valence-corrected chi connectivity index (χ4v) is 9.23. The van der Waals surface area contributed by atoms with Crippen LogP contribution in [0.4, 0.5) is 0 Å². The molecule has 1 atom stereocenters. The van der Waals surface area contributed by atoms with E-state index in [1.807, 2.05) is 0 Å². The van der Waals surface area contributed by atoms with Crippen LogP contribution in [0.2, 0.25) is 0 Å². The first kappa shape index (κ1) is 64.4. The minimum atomic E-state index is -0.763. The van der Waals surface area contributed by atoms with Crippen molar-refractivity contribution in [3.63, 3.8) is 0 Å². The van der Waals surface area contributed by atoms with Crippen LogP contribution < -0.4 is 0 Å². The number of rotatable bonds is 54. The van der Waals surface area contributed by atoms with Gasteiger partial charge in [-0.1, -0.05) is 298 Å². The minimum Gasteiger partial charge on any atom is -0.462 e. The normalized spacial score (nSPS) is 12.0. The average Bonchev–Trinajstić information content (AvgIpc) is 3.29. The molecule has 0 radical (unpaired) electrons. The molecular weight excluding hydrogens is 817 g/mol. The van der Waals surface area contributed by atoms with Gasteiger partial charge in [-0.15, -0.1) is 0 Å². The van der Waals surface area contributed by atoms with Gasteiger partial charge in [0.05, 0.1) is 0 Å². The molecule has 6 heteroatoms. The number of carbonyl (C=O) groups excluding carboxylic acids is 3. The molecule has 0 N–H and O–H groups in total. The monoisotopic (exact) mass is 933 g/mol. The van der Waals surface area contributed by atoms with Crippen LogP contribution in [0, 0.1) is 11.8 Å². The number of esters is 3. The highest BCUT2D eigenvalue weighted by Crippen LogP contribution is 2.18. The van der Waals surface area contributed by atoms with E-state index in [9.17, 15) is 14.4 Å². The Morgan fingerprint density at radius 3 is 0.742 bits per heavy atom. The molecule has 6 nitrogen and oxygen atoms in total. The molecule has 0 aliphatic carbocycles. The van der Waals surface area contributed by atoms with Gasteiger partial charge in [-0.3, -0.25) is 14.4 Å². The lowest BCUT2D eigenvalue weighted by Gasteiger charge is -2.18. The summed E-state index contributed by atoms with van der Waals surface area (Å²) < 4.78 is 16.9. The highest BCUT2D eigenvalue weighted by Gasteiger charge is 2.19. The smallest absolute Gasteiger partial charge is 0.306 e. The molecule has 0 aromatic heterocycles. The molecule has 66 heavy (non-hydrogen) atoms. The predicted molar refractivity (Wildman–Crippen MR) is 284 cm³/mol. The average molecular weight is 934 g/mol. The Hall–Kier alpha value is -1.59. The van der Waals surface area contributed by atoms with E-state index in [0.717, 1.165) is 69.6 Å². The molecule has 0 aliphatic heterocycles. The first-order valence-corrected chi connectivity index (χ1v) is 29.7. The van der Waals surface area contributed by atoms with E-state index >= 15 is 0 Å². The fourth-order valence-electron chi connectivity index (χ4n) is 9.23. The maximum Gasteiger partial charge on any atom is 0.306 e. The zero-order valence-electron chi connectivity index (χ0n) is 45.3. The lowest BCUT2D eigenvalue weighted by molar-refractivity contribution is -0.167. The summed E-state index contributed by atoms with van der Waals surface area (Å²) in [5.74, 6) is 0.808. The van der Waals surface area contributed by atoms with Crippen LogP contribution in [-0.2, 0) is 28.6 Å². The lowest BCUT2D eigenvalue weighted by Crippen LogP contribution is -2.30. The van der Waals surface area contributed by atoms with Crippen molar-refractivity contribution < 1.29 is 28.6 Å². The molecule has 0 aromatic rings. The Morgan fingerprint density at radius 2 is 0.500 bits per heavy atom. The van der Waals surface area contributed by atoms with Gasteiger partial charge in [0.15, 0.2) is 6.10 Å². The fraction of sp³-hybridized carbons (Fsp3) is 0.950. The Labute approximate surface area is 412 Å². The van der Waals surface area contributed by atoms with Gasteiger partial charge in [-0.2, -0.15) is 0 Å². The number of unbranched alkanes of at least 4 members (excludes halogenated alkanes) is 39. The summed E-state index contributed by atoms with van der Waals surface area (Å²) in [6.45, 7) is 11.4. The van der Waals surface area contributed by atoms with E-state index in [1.165, 1.54) is 225 Å². The van der Waals surface area contributed by atoms with Gasteiger partial charge in [0, 0.05) is 19.3 Å². The van der Waals surface area contributed by atoms with Crippen LogP contribution in [0.1, 0.15) is 336 Å². The highest BCUT2D eigenvalue weighted by molar-refractivity contribution is 5.71. The second-order valence-electron chi connectivity index (χ2n) is 21.6. The van der Waals surface area contributed by atoms with Crippen molar-refractivity contribution in [1.82, 2.24) is 0 Å². The van der Waals surface area contributed by atoms with Crippen LogP contribution in [0.5, 0.6) is 0 Å². The van der Waals surface area contributed by atoms with E-state index in [2.05, 4.69) is 34.6 Å². The Morgan fingerprint density at radius 1 is 0.288 bits per heavy atom. The quantitative estimate of drug-likeness (QED) is 0.0343. The number of hydrogen-bond donors (Lipinski definition) is 0. The molecule has 0 aromatic carbocycles. The zero-order valence-corrected chi connectivity index (χ0v) is 45.3. The zero-order chi connectivity index (χ0) is 48.2. The van der Waals surface area contributed by atoms with Gasteiger partial charge in [0.2, 0.25) is 0 Å². The molecule has 0 spiro atoms. The molecule has 0 amide bonds. The molecule has 0 saturated carbocycles. The van der Waals surface area contributed by atoms with Crippen LogP contribution in [0.15, 0.2) is 0 Å². The van der Waals surface area contributed by atoms with E-state index in [-0.39, 0.29) is 31.1 Å². The van der Waals surface area contributed by atoms with Gasteiger partial charge in [0.25, 0.3) is 0 Å². The second kappa shape index (κ2) is 52.8. The summed E-state index contributed by atoms with van der Waals surface area (Å²) >= 11 is 0. The van der Waals surface area contributed by atoms with Crippen molar-refractivity contribution in [2.75, 3.05) is 13.2 Å². The van der Waals surface area contributed by atoms with E-state index < -0.39 is 6.10 Å². The van der Waals surface area contributed by atoms with Crippen LogP contribution >= 0.6 is 0 Å². The minimum absolute atomic E-state index is 0.0629.